The van der Waals surface area contributed by atoms with Crippen LogP contribution in [0.2, 0.25) is 0 Å². The van der Waals surface area contributed by atoms with E-state index in [0.717, 1.165) is 36.1 Å². The highest BCUT2D eigenvalue weighted by atomic mass is 15.3. The van der Waals surface area contributed by atoms with Crippen LogP contribution in [0.5, 0.6) is 0 Å². The summed E-state index contributed by atoms with van der Waals surface area (Å²) < 4.78 is 0. The van der Waals surface area contributed by atoms with Gasteiger partial charge in [0.1, 0.15) is 5.84 Å². The van der Waals surface area contributed by atoms with Crippen LogP contribution >= 0.6 is 0 Å². The van der Waals surface area contributed by atoms with E-state index in [1.165, 1.54) is 11.1 Å². The lowest BCUT2D eigenvalue weighted by Gasteiger charge is -2.45. The highest BCUT2D eigenvalue weighted by Gasteiger charge is 2.42. The van der Waals surface area contributed by atoms with Gasteiger partial charge >= 0.3 is 0 Å². The average Bonchev–Trinajstić information content (AvgIpc) is 3.43. The Balaban J connectivity index is 1.63. The first-order valence-corrected chi connectivity index (χ1v) is 16.8. The monoisotopic (exact) mass is 624 g/mol. The van der Waals surface area contributed by atoms with Crippen molar-refractivity contribution in [2.24, 2.45) is 22.2 Å². The van der Waals surface area contributed by atoms with Gasteiger partial charge in [-0.1, -0.05) is 136 Å². The maximum absolute atomic E-state index is 9.00. The minimum Gasteiger partial charge on any atom is -0.325 e. The molecule has 0 heterocycles. The largest absolute Gasteiger partial charge is 0.325 e. The van der Waals surface area contributed by atoms with E-state index in [-0.39, 0.29) is 11.5 Å². The molecule has 1 aromatic carbocycles. The molecule has 3 unspecified atom stereocenters. The molecule has 3 atom stereocenters. The minimum atomic E-state index is -0.177. The summed E-state index contributed by atoms with van der Waals surface area (Å²) in [6, 6.07) is 8.01. The van der Waals surface area contributed by atoms with Gasteiger partial charge in [-0.2, -0.15) is 0 Å². The van der Waals surface area contributed by atoms with E-state index >= 15 is 0 Å². The van der Waals surface area contributed by atoms with Gasteiger partial charge in [0.25, 0.3) is 0 Å². The van der Waals surface area contributed by atoms with E-state index in [1.807, 2.05) is 54.3 Å². The van der Waals surface area contributed by atoms with E-state index < -0.39 is 0 Å². The number of hydrogen-bond acceptors (Lipinski definition) is 2. The van der Waals surface area contributed by atoms with Crippen molar-refractivity contribution in [1.82, 2.24) is 4.90 Å². The number of para-hydroxylation sites is 1. The van der Waals surface area contributed by atoms with Crippen LogP contribution in [0.15, 0.2) is 157 Å². The number of hydrogen-bond donors (Lipinski definition) is 2. The molecule has 0 bridgehead atoms. The summed E-state index contributed by atoms with van der Waals surface area (Å²) in [6.07, 6.45) is 33.9. The van der Waals surface area contributed by atoms with Crippen LogP contribution < -0.4 is 5.32 Å². The summed E-state index contributed by atoms with van der Waals surface area (Å²) in [5, 5.41) is 12.6. The second-order valence-corrected chi connectivity index (χ2v) is 12.8. The maximum atomic E-state index is 9.00. The lowest BCUT2D eigenvalue weighted by Crippen LogP contribution is -2.46. The molecule has 0 aromatic heterocycles. The standard InChI is InChI=1S/C43H52N4/c1-8-12-14-28-41(44)47(35(10-3)21-9-2)42(45-11-4)46-40-27-20-18-24-36(40)32(5)29-30-33-22-17-19-26-39-37(33)31-34-23-15-13-16-25-38(34)43(39,6)7/h8-10,12-16,18-20,22-24,26-27,29-30,35,37,39,44H,1-3,5,11,17,21,25,28,31H2,4,6-7H3,(H,45,46)/b14-12-,30-29-,44-41?. The molecule has 0 amide bonds. The Hall–Kier alpha value is -4.70. The molecule has 4 nitrogen and oxygen atoms in total. The second kappa shape index (κ2) is 16.7. The van der Waals surface area contributed by atoms with Crippen LogP contribution in [0.4, 0.5) is 5.69 Å². The number of guanidine groups is 1. The van der Waals surface area contributed by atoms with E-state index in [2.05, 4.69) is 106 Å². The van der Waals surface area contributed by atoms with Gasteiger partial charge < -0.3 is 5.32 Å². The number of rotatable bonds is 12. The molecule has 47 heavy (non-hydrogen) atoms. The SMILES string of the molecule is C=C/C=C\CC(=N)N(C(=NCC)Nc1ccccc1C(=C)/C=C\C1=CCC=CC2C1CC1=C(CC=CC=C1)C2(C)C)C(C=C)CC=C. The van der Waals surface area contributed by atoms with E-state index in [9.17, 15) is 0 Å². The molecular formula is C43H52N4. The van der Waals surface area contributed by atoms with Crippen molar-refractivity contribution in [2.45, 2.75) is 58.9 Å². The van der Waals surface area contributed by atoms with Gasteiger partial charge in [0, 0.05) is 24.2 Å². The number of amidine groups is 1. The number of fused-ring (bicyclic) bond motifs is 1. The lowest BCUT2D eigenvalue weighted by molar-refractivity contribution is 0.226. The first-order chi connectivity index (χ1) is 22.8. The van der Waals surface area contributed by atoms with Crippen LogP contribution in [-0.2, 0) is 0 Å². The summed E-state index contributed by atoms with van der Waals surface area (Å²) in [5.41, 5.74) is 7.28. The van der Waals surface area contributed by atoms with Gasteiger partial charge in [0.05, 0.1) is 6.04 Å². The summed E-state index contributed by atoms with van der Waals surface area (Å²) in [4.78, 5) is 6.75. The molecule has 3 aliphatic carbocycles. The quantitative estimate of drug-likeness (QED) is 0.105. The highest BCUT2D eigenvalue weighted by molar-refractivity contribution is 6.07. The van der Waals surface area contributed by atoms with Crippen molar-refractivity contribution in [1.29, 1.82) is 5.41 Å². The van der Waals surface area contributed by atoms with E-state index in [1.54, 1.807) is 11.6 Å². The van der Waals surface area contributed by atoms with Crippen LogP contribution in [0.1, 0.15) is 58.4 Å². The first kappa shape index (κ1) is 35.2. The molecule has 3 aliphatic rings. The van der Waals surface area contributed by atoms with Gasteiger partial charge in [0.2, 0.25) is 5.96 Å². The number of aliphatic imine (C=N–C) groups is 1. The Morgan fingerprint density at radius 3 is 2.72 bits per heavy atom. The fraction of sp³-hybridized carbons (Fsp3) is 0.302. The van der Waals surface area contributed by atoms with Gasteiger partial charge in [-0.15, -0.1) is 13.2 Å². The van der Waals surface area contributed by atoms with E-state index in [0.29, 0.717) is 43.0 Å². The van der Waals surface area contributed by atoms with Crippen molar-refractivity contribution >= 4 is 23.1 Å². The number of allylic oxidation sites excluding steroid dienone is 15. The normalized spacial score (nSPS) is 20.9. The van der Waals surface area contributed by atoms with Crippen LogP contribution in [0, 0.1) is 22.7 Å². The van der Waals surface area contributed by atoms with Gasteiger partial charge in [-0.25, -0.2) is 0 Å². The van der Waals surface area contributed by atoms with Crippen molar-refractivity contribution < 1.29 is 0 Å². The Bertz CT molecular complexity index is 1600. The Kier molecular flexibility index (Phi) is 12.5. The summed E-state index contributed by atoms with van der Waals surface area (Å²) in [6.45, 7) is 23.7. The number of anilines is 1. The molecule has 0 radical (unpaired) electrons. The lowest BCUT2D eigenvalue weighted by atomic mass is 9.59. The van der Waals surface area contributed by atoms with Crippen molar-refractivity contribution in [2.75, 3.05) is 11.9 Å². The van der Waals surface area contributed by atoms with Crippen LogP contribution in [0.3, 0.4) is 0 Å². The maximum Gasteiger partial charge on any atom is 0.204 e. The minimum absolute atomic E-state index is 0.0730. The van der Waals surface area contributed by atoms with Gasteiger partial charge in [-0.3, -0.25) is 15.3 Å². The molecule has 0 spiro atoms. The molecule has 2 N–H and O–H groups in total. The summed E-state index contributed by atoms with van der Waals surface area (Å²) in [5.74, 6) is 1.84. The molecule has 4 rings (SSSR count). The topological polar surface area (TPSA) is 51.5 Å². The number of nitrogens with one attached hydrogen (secondary N) is 2. The summed E-state index contributed by atoms with van der Waals surface area (Å²) >= 11 is 0. The van der Waals surface area contributed by atoms with Gasteiger partial charge in [0.15, 0.2) is 0 Å². The molecule has 0 aliphatic heterocycles. The third-order valence-corrected chi connectivity index (χ3v) is 9.42. The fourth-order valence-electron chi connectivity index (χ4n) is 7.02. The molecule has 0 saturated heterocycles. The summed E-state index contributed by atoms with van der Waals surface area (Å²) in [7, 11) is 0. The molecule has 1 aromatic rings. The second-order valence-electron chi connectivity index (χ2n) is 12.8. The van der Waals surface area contributed by atoms with Crippen molar-refractivity contribution in [3.8, 4) is 0 Å². The predicted octanol–water partition coefficient (Wildman–Crippen LogP) is 10.9. The Labute approximate surface area is 283 Å². The van der Waals surface area contributed by atoms with E-state index in [4.69, 9.17) is 10.4 Å². The van der Waals surface area contributed by atoms with Gasteiger partial charge in [-0.05, 0) is 72.6 Å². The zero-order valence-electron chi connectivity index (χ0n) is 28.6. The zero-order valence-corrected chi connectivity index (χ0v) is 28.6. The Morgan fingerprint density at radius 2 is 1.98 bits per heavy atom. The molecule has 0 saturated carbocycles. The molecule has 244 valence electrons. The zero-order chi connectivity index (χ0) is 33.8. The molecule has 4 heteroatoms. The fourth-order valence-corrected chi connectivity index (χ4v) is 7.02. The molecular weight excluding hydrogens is 573 g/mol. The number of benzene rings is 1. The Morgan fingerprint density at radius 1 is 1.17 bits per heavy atom. The van der Waals surface area contributed by atoms with Crippen LogP contribution in [0.25, 0.3) is 5.57 Å². The first-order valence-electron chi connectivity index (χ1n) is 16.8. The smallest absolute Gasteiger partial charge is 0.204 e. The third-order valence-electron chi connectivity index (χ3n) is 9.42. The number of nitrogens with zero attached hydrogens (tertiary/aromatic N) is 2. The highest BCUT2D eigenvalue weighted by Crippen LogP contribution is 2.53. The molecule has 0 fully saturated rings. The average molecular weight is 625 g/mol. The van der Waals surface area contributed by atoms with Crippen LogP contribution in [-0.4, -0.2) is 29.3 Å². The predicted molar refractivity (Wildman–Crippen MR) is 206 cm³/mol. The van der Waals surface area contributed by atoms with Crippen molar-refractivity contribution in [3.05, 3.63) is 158 Å². The van der Waals surface area contributed by atoms with Crippen molar-refractivity contribution in [3.63, 3.8) is 0 Å². The third kappa shape index (κ3) is 8.37.